The predicted octanol–water partition coefficient (Wildman–Crippen LogP) is 5.00. The van der Waals surface area contributed by atoms with E-state index < -0.39 is 0 Å². The standard InChI is InChI=1S/C18H29ClN2/c1-6-15-9-7-13(2)21(15)17-10-8-14(11-16(17)19)12-20-18(3,4)5/h8,10-11,13,15,20H,6-7,9,12H2,1-5H3. The fourth-order valence-corrected chi connectivity index (χ4v) is 3.44. The van der Waals surface area contributed by atoms with Crippen LogP contribution in [0.4, 0.5) is 5.69 Å². The van der Waals surface area contributed by atoms with Crippen molar-refractivity contribution in [3.05, 3.63) is 28.8 Å². The molecule has 0 bridgehead atoms. The van der Waals surface area contributed by atoms with Crippen LogP contribution in [0.3, 0.4) is 0 Å². The van der Waals surface area contributed by atoms with E-state index in [9.17, 15) is 0 Å². The van der Waals surface area contributed by atoms with Gasteiger partial charge >= 0.3 is 0 Å². The summed E-state index contributed by atoms with van der Waals surface area (Å²) in [5, 5.41) is 4.40. The molecule has 1 N–H and O–H groups in total. The molecular formula is C18H29ClN2. The number of benzene rings is 1. The topological polar surface area (TPSA) is 15.3 Å². The largest absolute Gasteiger partial charge is 0.365 e. The molecule has 1 fully saturated rings. The summed E-state index contributed by atoms with van der Waals surface area (Å²) >= 11 is 6.58. The molecule has 2 atom stereocenters. The van der Waals surface area contributed by atoms with Gasteiger partial charge in [-0.15, -0.1) is 0 Å². The highest BCUT2D eigenvalue weighted by molar-refractivity contribution is 6.33. The van der Waals surface area contributed by atoms with E-state index >= 15 is 0 Å². The number of halogens is 1. The highest BCUT2D eigenvalue weighted by Gasteiger charge is 2.30. The Labute approximate surface area is 134 Å². The molecule has 0 saturated carbocycles. The number of hydrogen-bond donors (Lipinski definition) is 1. The van der Waals surface area contributed by atoms with Crippen molar-refractivity contribution in [2.45, 2.75) is 78.0 Å². The molecule has 1 aliphatic rings. The summed E-state index contributed by atoms with van der Waals surface area (Å²) in [5.74, 6) is 0. The van der Waals surface area contributed by atoms with Crippen LogP contribution in [0.1, 0.15) is 59.4 Å². The molecule has 21 heavy (non-hydrogen) atoms. The molecule has 2 rings (SSSR count). The molecule has 2 unspecified atom stereocenters. The Morgan fingerprint density at radius 2 is 2.00 bits per heavy atom. The minimum atomic E-state index is 0.127. The molecule has 1 saturated heterocycles. The average Bonchev–Trinajstić information content (AvgIpc) is 2.77. The zero-order valence-corrected chi connectivity index (χ0v) is 14.8. The number of hydrogen-bond acceptors (Lipinski definition) is 2. The molecule has 0 aliphatic carbocycles. The number of anilines is 1. The van der Waals surface area contributed by atoms with Gasteiger partial charge in [0.05, 0.1) is 10.7 Å². The molecule has 1 aromatic carbocycles. The molecule has 1 aromatic rings. The quantitative estimate of drug-likeness (QED) is 0.842. The van der Waals surface area contributed by atoms with Crippen molar-refractivity contribution in [3.63, 3.8) is 0 Å². The first-order chi connectivity index (χ1) is 9.81. The van der Waals surface area contributed by atoms with Crippen LogP contribution in [0.25, 0.3) is 0 Å². The van der Waals surface area contributed by atoms with Gasteiger partial charge in [-0.05, 0) is 64.7 Å². The Hall–Kier alpha value is -0.730. The molecule has 0 amide bonds. The second-order valence-electron chi connectivity index (χ2n) is 7.29. The third-order valence-corrected chi connectivity index (χ3v) is 4.67. The smallest absolute Gasteiger partial charge is 0.0642 e. The third kappa shape index (κ3) is 4.14. The number of rotatable bonds is 4. The van der Waals surface area contributed by atoms with Gasteiger partial charge in [-0.3, -0.25) is 0 Å². The predicted molar refractivity (Wildman–Crippen MR) is 93.3 cm³/mol. The maximum Gasteiger partial charge on any atom is 0.0642 e. The summed E-state index contributed by atoms with van der Waals surface area (Å²) in [6.45, 7) is 12.0. The van der Waals surface area contributed by atoms with E-state index in [0.717, 1.165) is 11.6 Å². The molecule has 1 aliphatic heterocycles. The second kappa shape index (κ2) is 6.58. The van der Waals surface area contributed by atoms with Gasteiger partial charge in [0.15, 0.2) is 0 Å². The first kappa shape index (κ1) is 16.6. The van der Waals surface area contributed by atoms with E-state index in [-0.39, 0.29) is 5.54 Å². The molecule has 0 spiro atoms. The van der Waals surface area contributed by atoms with E-state index in [1.807, 2.05) is 0 Å². The van der Waals surface area contributed by atoms with E-state index in [0.29, 0.717) is 12.1 Å². The van der Waals surface area contributed by atoms with Crippen molar-refractivity contribution in [1.29, 1.82) is 0 Å². The lowest BCUT2D eigenvalue weighted by atomic mass is 10.1. The average molecular weight is 309 g/mol. The minimum Gasteiger partial charge on any atom is -0.365 e. The Morgan fingerprint density at radius 3 is 2.57 bits per heavy atom. The lowest BCUT2D eigenvalue weighted by molar-refractivity contribution is 0.424. The summed E-state index contributed by atoms with van der Waals surface area (Å²) in [6.07, 6.45) is 3.73. The van der Waals surface area contributed by atoms with Crippen molar-refractivity contribution in [3.8, 4) is 0 Å². The van der Waals surface area contributed by atoms with Crippen LogP contribution in [0.2, 0.25) is 5.02 Å². The van der Waals surface area contributed by atoms with Crippen LogP contribution in [-0.2, 0) is 6.54 Å². The van der Waals surface area contributed by atoms with Gasteiger partial charge in [0.25, 0.3) is 0 Å². The third-order valence-electron chi connectivity index (χ3n) is 4.37. The molecule has 2 nitrogen and oxygen atoms in total. The summed E-state index contributed by atoms with van der Waals surface area (Å²) in [7, 11) is 0. The van der Waals surface area contributed by atoms with Gasteiger partial charge in [0, 0.05) is 24.2 Å². The van der Waals surface area contributed by atoms with E-state index in [1.54, 1.807) is 0 Å². The molecular weight excluding hydrogens is 280 g/mol. The van der Waals surface area contributed by atoms with E-state index in [4.69, 9.17) is 11.6 Å². The van der Waals surface area contributed by atoms with E-state index in [1.165, 1.54) is 30.5 Å². The van der Waals surface area contributed by atoms with Crippen LogP contribution in [0, 0.1) is 0 Å². The molecule has 0 aromatic heterocycles. The van der Waals surface area contributed by atoms with Gasteiger partial charge in [0.1, 0.15) is 0 Å². The Kier molecular flexibility index (Phi) is 5.21. The lowest BCUT2D eigenvalue weighted by Gasteiger charge is -2.31. The van der Waals surface area contributed by atoms with Crippen molar-refractivity contribution >= 4 is 17.3 Å². The van der Waals surface area contributed by atoms with Crippen LogP contribution in [0.5, 0.6) is 0 Å². The van der Waals surface area contributed by atoms with Crippen molar-refractivity contribution < 1.29 is 0 Å². The van der Waals surface area contributed by atoms with Crippen molar-refractivity contribution in [2.75, 3.05) is 4.90 Å². The van der Waals surface area contributed by atoms with Gasteiger partial charge in [0.2, 0.25) is 0 Å². The minimum absolute atomic E-state index is 0.127. The monoisotopic (exact) mass is 308 g/mol. The first-order valence-corrected chi connectivity index (χ1v) is 8.51. The maximum absolute atomic E-state index is 6.58. The first-order valence-electron chi connectivity index (χ1n) is 8.13. The normalized spacial score (nSPS) is 22.9. The van der Waals surface area contributed by atoms with Crippen LogP contribution < -0.4 is 10.2 Å². The Balaban J connectivity index is 2.15. The molecule has 118 valence electrons. The van der Waals surface area contributed by atoms with Gasteiger partial charge in [-0.25, -0.2) is 0 Å². The zero-order chi connectivity index (χ0) is 15.6. The highest BCUT2D eigenvalue weighted by atomic mass is 35.5. The zero-order valence-electron chi connectivity index (χ0n) is 14.0. The summed E-state index contributed by atoms with van der Waals surface area (Å²) in [6, 6.07) is 7.75. The summed E-state index contributed by atoms with van der Waals surface area (Å²) < 4.78 is 0. The SMILES string of the molecule is CCC1CCC(C)N1c1ccc(CNC(C)(C)C)cc1Cl. The van der Waals surface area contributed by atoms with E-state index in [2.05, 4.69) is 63.0 Å². The Bertz CT molecular complexity index is 479. The second-order valence-corrected chi connectivity index (χ2v) is 7.69. The van der Waals surface area contributed by atoms with Gasteiger partial charge in [-0.1, -0.05) is 24.6 Å². The molecule has 0 radical (unpaired) electrons. The summed E-state index contributed by atoms with van der Waals surface area (Å²) in [4.78, 5) is 2.52. The van der Waals surface area contributed by atoms with Gasteiger partial charge < -0.3 is 10.2 Å². The molecule has 3 heteroatoms. The molecule has 1 heterocycles. The van der Waals surface area contributed by atoms with Gasteiger partial charge in [-0.2, -0.15) is 0 Å². The van der Waals surface area contributed by atoms with Crippen molar-refractivity contribution in [2.24, 2.45) is 0 Å². The Morgan fingerprint density at radius 1 is 1.29 bits per heavy atom. The van der Waals surface area contributed by atoms with Crippen LogP contribution in [-0.4, -0.2) is 17.6 Å². The summed E-state index contributed by atoms with van der Waals surface area (Å²) in [5.41, 5.74) is 2.58. The van der Waals surface area contributed by atoms with Crippen molar-refractivity contribution in [1.82, 2.24) is 5.32 Å². The lowest BCUT2D eigenvalue weighted by Crippen LogP contribution is -2.35. The fraction of sp³-hybridized carbons (Fsp3) is 0.667. The van der Waals surface area contributed by atoms with Crippen LogP contribution >= 0.6 is 11.6 Å². The highest BCUT2D eigenvalue weighted by Crippen LogP contribution is 2.36. The number of nitrogens with zero attached hydrogens (tertiary/aromatic N) is 1. The fourth-order valence-electron chi connectivity index (χ4n) is 3.14. The maximum atomic E-state index is 6.58. The number of nitrogens with one attached hydrogen (secondary N) is 1. The van der Waals surface area contributed by atoms with Crippen LogP contribution in [0.15, 0.2) is 18.2 Å².